The summed E-state index contributed by atoms with van der Waals surface area (Å²) in [5.41, 5.74) is 4.91. The van der Waals surface area contributed by atoms with Crippen LogP contribution in [0.4, 0.5) is 5.69 Å². The van der Waals surface area contributed by atoms with Crippen molar-refractivity contribution in [2.45, 2.75) is 20.4 Å². The number of hydrogen-bond donors (Lipinski definition) is 1. The van der Waals surface area contributed by atoms with Crippen LogP contribution in [-0.4, -0.2) is 0 Å². The molecule has 2 heteroatoms. The predicted octanol–water partition coefficient (Wildman–Crippen LogP) is 4.57. The van der Waals surface area contributed by atoms with Crippen molar-refractivity contribution in [2.24, 2.45) is 0 Å². The standard InChI is InChI=1S/C15H16ClN/c1-11-3-7-15(8-4-11)17-10-13-5-6-14(16)9-12(13)2/h3-9,17H,10H2,1-2H3. The van der Waals surface area contributed by atoms with Gasteiger partial charge in [0.15, 0.2) is 0 Å². The number of hydrogen-bond acceptors (Lipinski definition) is 1. The lowest BCUT2D eigenvalue weighted by Crippen LogP contribution is -2.01. The van der Waals surface area contributed by atoms with E-state index in [2.05, 4.69) is 49.5 Å². The van der Waals surface area contributed by atoms with Gasteiger partial charge in [0.1, 0.15) is 0 Å². The van der Waals surface area contributed by atoms with Gasteiger partial charge in [0.25, 0.3) is 0 Å². The van der Waals surface area contributed by atoms with Crippen molar-refractivity contribution in [1.29, 1.82) is 0 Å². The Labute approximate surface area is 107 Å². The zero-order valence-electron chi connectivity index (χ0n) is 10.1. The first kappa shape index (κ1) is 12.0. The summed E-state index contributed by atoms with van der Waals surface area (Å²) in [6.45, 7) is 5.00. The van der Waals surface area contributed by atoms with E-state index in [1.165, 1.54) is 16.7 Å². The Balaban J connectivity index is 2.04. The van der Waals surface area contributed by atoms with Crippen LogP contribution in [0.1, 0.15) is 16.7 Å². The summed E-state index contributed by atoms with van der Waals surface area (Å²) in [4.78, 5) is 0. The molecule has 0 aromatic heterocycles. The van der Waals surface area contributed by atoms with Crippen LogP contribution in [0.15, 0.2) is 42.5 Å². The molecule has 0 spiro atoms. The summed E-state index contributed by atoms with van der Waals surface area (Å²) in [5, 5.41) is 4.20. The molecule has 0 saturated carbocycles. The van der Waals surface area contributed by atoms with Gasteiger partial charge in [0, 0.05) is 17.3 Å². The van der Waals surface area contributed by atoms with Gasteiger partial charge in [0.05, 0.1) is 0 Å². The Morgan fingerprint density at radius 2 is 1.71 bits per heavy atom. The van der Waals surface area contributed by atoms with Crippen LogP contribution >= 0.6 is 11.6 Å². The van der Waals surface area contributed by atoms with Crippen LogP contribution in [0.25, 0.3) is 0 Å². The van der Waals surface area contributed by atoms with Crippen molar-refractivity contribution < 1.29 is 0 Å². The first-order valence-electron chi connectivity index (χ1n) is 5.71. The zero-order chi connectivity index (χ0) is 12.3. The Kier molecular flexibility index (Phi) is 3.70. The number of benzene rings is 2. The third-order valence-electron chi connectivity index (χ3n) is 2.84. The monoisotopic (exact) mass is 245 g/mol. The van der Waals surface area contributed by atoms with Crippen molar-refractivity contribution in [3.63, 3.8) is 0 Å². The highest BCUT2D eigenvalue weighted by molar-refractivity contribution is 6.30. The maximum Gasteiger partial charge on any atom is 0.0408 e. The van der Waals surface area contributed by atoms with Crippen molar-refractivity contribution in [1.82, 2.24) is 0 Å². The van der Waals surface area contributed by atoms with Crippen molar-refractivity contribution in [2.75, 3.05) is 5.32 Å². The van der Waals surface area contributed by atoms with E-state index in [4.69, 9.17) is 11.6 Å². The molecule has 1 nitrogen and oxygen atoms in total. The molecule has 88 valence electrons. The molecule has 0 bridgehead atoms. The molecule has 2 aromatic rings. The van der Waals surface area contributed by atoms with Crippen LogP contribution in [0, 0.1) is 13.8 Å². The van der Waals surface area contributed by atoms with E-state index in [-0.39, 0.29) is 0 Å². The van der Waals surface area contributed by atoms with E-state index in [1.807, 2.05) is 12.1 Å². The second kappa shape index (κ2) is 5.24. The SMILES string of the molecule is Cc1ccc(NCc2ccc(Cl)cc2C)cc1. The van der Waals surface area contributed by atoms with Crippen molar-refractivity contribution in [3.8, 4) is 0 Å². The molecular formula is C15H16ClN. The first-order chi connectivity index (χ1) is 8.15. The molecule has 0 aliphatic heterocycles. The maximum absolute atomic E-state index is 5.93. The third-order valence-corrected chi connectivity index (χ3v) is 3.07. The average Bonchev–Trinajstić information content (AvgIpc) is 2.30. The van der Waals surface area contributed by atoms with E-state index in [0.717, 1.165) is 17.3 Å². The Hall–Kier alpha value is -1.47. The Bertz CT molecular complexity index is 503. The second-order valence-electron chi connectivity index (χ2n) is 4.29. The molecule has 2 aromatic carbocycles. The topological polar surface area (TPSA) is 12.0 Å². The quantitative estimate of drug-likeness (QED) is 0.835. The summed E-state index contributed by atoms with van der Waals surface area (Å²) >= 11 is 5.93. The lowest BCUT2D eigenvalue weighted by molar-refractivity contribution is 1.12. The fourth-order valence-electron chi connectivity index (χ4n) is 1.73. The molecule has 0 aliphatic rings. The minimum Gasteiger partial charge on any atom is -0.381 e. The third kappa shape index (κ3) is 3.24. The van der Waals surface area contributed by atoms with Crippen molar-refractivity contribution >= 4 is 17.3 Å². The Morgan fingerprint density at radius 3 is 2.35 bits per heavy atom. The molecule has 0 aliphatic carbocycles. The van der Waals surface area contributed by atoms with E-state index in [9.17, 15) is 0 Å². The van der Waals surface area contributed by atoms with E-state index in [0.29, 0.717) is 0 Å². The minimum absolute atomic E-state index is 0.793. The second-order valence-corrected chi connectivity index (χ2v) is 4.73. The molecule has 0 atom stereocenters. The van der Waals surface area contributed by atoms with Gasteiger partial charge in [-0.1, -0.05) is 35.4 Å². The molecule has 0 fully saturated rings. The molecular weight excluding hydrogens is 230 g/mol. The van der Waals surface area contributed by atoms with Gasteiger partial charge >= 0.3 is 0 Å². The van der Waals surface area contributed by atoms with Crippen LogP contribution in [0.2, 0.25) is 5.02 Å². The molecule has 0 unspecified atom stereocenters. The normalized spacial score (nSPS) is 10.3. The van der Waals surface area contributed by atoms with Crippen LogP contribution < -0.4 is 5.32 Å². The molecule has 17 heavy (non-hydrogen) atoms. The summed E-state index contributed by atoms with van der Waals surface area (Å²) in [5.74, 6) is 0. The van der Waals surface area contributed by atoms with Gasteiger partial charge in [-0.3, -0.25) is 0 Å². The number of nitrogens with one attached hydrogen (secondary N) is 1. The lowest BCUT2D eigenvalue weighted by atomic mass is 10.1. The number of rotatable bonds is 3. The van der Waals surface area contributed by atoms with Gasteiger partial charge < -0.3 is 5.32 Å². The fourth-order valence-corrected chi connectivity index (χ4v) is 1.95. The van der Waals surface area contributed by atoms with Gasteiger partial charge in [0.2, 0.25) is 0 Å². The zero-order valence-corrected chi connectivity index (χ0v) is 10.9. The van der Waals surface area contributed by atoms with Gasteiger partial charge in [-0.15, -0.1) is 0 Å². The molecule has 0 heterocycles. The van der Waals surface area contributed by atoms with E-state index < -0.39 is 0 Å². The summed E-state index contributed by atoms with van der Waals surface area (Å²) in [6.07, 6.45) is 0. The van der Waals surface area contributed by atoms with E-state index >= 15 is 0 Å². The maximum atomic E-state index is 5.93. The molecule has 1 N–H and O–H groups in total. The number of aryl methyl sites for hydroxylation is 2. The van der Waals surface area contributed by atoms with Gasteiger partial charge in [-0.2, -0.15) is 0 Å². The minimum atomic E-state index is 0.793. The average molecular weight is 246 g/mol. The Morgan fingerprint density at radius 1 is 1.00 bits per heavy atom. The van der Waals surface area contributed by atoms with Gasteiger partial charge in [-0.25, -0.2) is 0 Å². The summed E-state index contributed by atoms with van der Waals surface area (Å²) in [7, 11) is 0. The smallest absolute Gasteiger partial charge is 0.0408 e. The van der Waals surface area contributed by atoms with Crippen LogP contribution in [0.5, 0.6) is 0 Å². The lowest BCUT2D eigenvalue weighted by Gasteiger charge is -2.09. The van der Waals surface area contributed by atoms with Crippen molar-refractivity contribution in [3.05, 3.63) is 64.2 Å². The molecule has 0 saturated heterocycles. The highest BCUT2D eigenvalue weighted by Gasteiger charge is 1.99. The predicted molar refractivity (Wildman–Crippen MR) is 74.7 cm³/mol. The number of anilines is 1. The largest absolute Gasteiger partial charge is 0.381 e. The summed E-state index contributed by atoms with van der Waals surface area (Å²) < 4.78 is 0. The van der Waals surface area contributed by atoms with E-state index in [1.54, 1.807) is 0 Å². The highest BCUT2D eigenvalue weighted by atomic mass is 35.5. The van der Waals surface area contributed by atoms with Crippen LogP contribution in [-0.2, 0) is 6.54 Å². The van der Waals surface area contributed by atoms with Gasteiger partial charge in [-0.05, 0) is 49.2 Å². The number of halogens is 1. The molecule has 0 amide bonds. The molecule has 2 rings (SSSR count). The van der Waals surface area contributed by atoms with Crippen LogP contribution in [0.3, 0.4) is 0 Å². The first-order valence-corrected chi connectivity index (χ1v) is 6.08. The molecule has 0 radical (unpaired) electrons. The highest BCUT2D eigenvalue weighted by Crippen LogP contribution is 2.17. The fraction of sp³-hybridized carbons (Fsp3) is 0.200. The summed E-state index contributed by atoms with van der Waals surface area (Å²) in [6, 6.07) is 14.4.